The first kappa shape index (κ1) is 19.7. The molecule has 0 aliphatic heterocycles. The average Bonchev–Trinajstić information content (AvgIpc) is 2.36. The summed E-state index contributed by atoms with van der Waals surface area (Å²) in [6.07, 6.45) is -0.348. The first-order chi connectivity index (χ1) is 9.03. The number of amides is 1. The molecule has 0 radical (unpaired) electrons. The van der Waals surface area contributed by atoms with Gasteiger partial charge in [0.05, 0.1) is 12.1 Å². The minimum Gasteiger partial charge on any atom is -0.390 e. The zero-order valence-electron chi connectivity index (χ0n) is 12.7. The Morgan fingerprint density at radius 1 is 1.30 bits per heavy atom. The van der Waals surface area contributed by atoms with E-state index < -0.39 is 22.4 Å². The molecule has 120 valence electrons. The van der Waals surface area contributed by atoms with Crippen LogP contribution in [0.25, 0.3) is 0 Å². The van der Waals surface area contributed by atoms with Gasteiger partial charge < -0.3 is 10.4 Å². The fourth-order valence-electron chi connectivity index (χ4n) is 1.36. The lowest BCUT2D eigenvalue weighted by atomic mass is 10.1. The number of nitrogens with one attached hydrogen (secondary N) is 1. The van der Waals surface area contributed by atoms with E-state index in [4.69, 9.17) is 0 Å². The highest BCUT2D eigenvalue weighted by atomic mass is 32.2. The molecule has 7 nitrogen and oxygen atoms in total. The molecule has 0 saturated carbocycles. The molecule has 0 spiro atoms. The molecule has 0 rings (SSSR count). The number of aliphatic hydroxyl groups excluding tert-OH is 1. The van der Waals surface area contributed by atoms with E-state index in [1.54, 1.807) is 13.8 Å². The SMILES string of the molecule is CC(CP)C(=O)N[C@@H](C)C(O)CN(C)S(=O)(=O)N(C)C. The first-order valence-electron chi connectivity index (χ1n) is 6.36. The van der Waals surface area contributed by atoms with Crippen LogP contribution in [0.2, 0.25) is 0 Å². The smallest absolute Gasteiger partial charge is 0.281 e. The maximum absolute atomic E-state index is 11.8. The molecule has 0 bridgehead atoms. The Hall–Kier alpha value is -0.270. The Morgan fingerprint density at radius 2 is 1.80 bits per heavy atom. The van der Waals surface area contributed by atoms with Crippen molar-refractivity contribution in [1.82, 2.24) is 13.9 Å². The predicted octanol–water partition coefficient (Wildman–Crippen LogP) is -0.899. The molecule has 0 aliphatic carbocycles. The van der Waals surface area contributed by atoms with Crippen LogP contribution in [0.3, 0.4) is 0 Å². The summed E-state index contributed by atoms with van der Waals surface area (Å²) in [5.74, 6) is -0.331. The van der Waals surface area contributed by atoms with E-state index >= 15 is 0 Å². The Kier molecular flexibility index (Phi) is 8.13. The van der Waals surface area contributed by atoms with Crippen LogP contribution >= 0.6 is 9.24 Å². The van der Waals surface area contributed by atoms with Crippen molar-refractivity contribution in [3.63, 3.8) is 0 Å². The molecule has 20 heavy (non-hydrogen) atoms. The highest BCUT2D eigenvalue weighted by Crippen LogP contribution is 2.06. The Labute approximate surface area is 124 Å². The molecule has 4 atom stereocenters. The van der Waals surface area contributed by atoms with Gasteiger partial charge in [-0.3, -0.25) is 4.79 Å². The molecule has 2 N–H and O–H groups in total. The molecule has 1 amide bonds. The van der Waals surface area contributed by atoms with Gasteiger partial charge in [0, 0.05) is 33.6 Å². The zero-order chi connectivity index (χ0) is 16.1. The molecule has 9 heteroatoms. The van der Waals surface area contributed by atoms with Gasteiger partial charge in [0.2, 0.25) is 5.91 Å². The summed E-state index contributed by atoms with van der Waals surface area (Å²) in [6, 6.07) is -0.527. The Balaban J connectivity index is 4.55. The molecular weight excluding hydrogens is 301 g/mol. The van der Waals surface area contributed by atoms with Gasteiger partial charge in [-0.05, 0) is 13.1 Å². The maximum atomic E-state index is 11.8. The number of carbonyl (C=O) groups is 1. The number of aliphatic hydroxyl groups is 1. The van der Waals surface area contributed by atoms with Gasteiger partial charge in [-0.2, -0.15) is 17.0 Å². The lowest BCUT2D eigenvalue weighted by Crippen LogP contribution is -2.49. The molecule has 0 aromatic carbocycles. The van der Waals surface area contributed by atoms with Gasteiger partial charge in [0.1, 0.15) is 0 Å². The third-order valence-electron chi connectivity index (χ3n) is 3.05. The maximum Gasteiger partial charge on any atom is 0.281 e. The average molecular weight is 327 g/mol. The second kappa shape index (κ2) is 8.24. The van der Waals surface area contributed by atoms with Gasteiger partial charge >= 0.3 is 0 Å². The van der Waals surface area contributed by atoms with Crippen LogP contribution in [0.1, 0.15) is 13.8 Å². The third-order valence-corrected chi connectivity index (χ3v) is 5.61. The highest BCUT2D eigenvalue weighted by Gasteiger charge is 2.26. The number of carbonyl (C=O) groups excluding carboxylic acids is 1. The summed E-state index contributed by atoms with van der Waals surface area (Å²) < 4.78 is 25.8. The largest absolute Gasteiger partial charge is 0.390 e. The van der Waals surface area contributed by atoms with Crippen molar-refractivity contribution in [3.8, 4) is 0 Å². The van der Waals surface area contributed by atoms with E-state index in [1.807, 2.05) is 0 Å². The van der Waals surface area contributed by atoms with E-state index in [2.05, 4.69) is 14.6 Å². The lowest BCUT2D eigenvalue weighted by Gasteiger charge is -2.27. The minimum absolute atomic E-state index is 0.0861. The standard InChI is InChI=1S/C11H26N3O4PS/c1-8(7-19)11(16)12-9(2)10(15)6-14(5)20(17,18)13(3)4/h8-10,15H,6-7,19H2,1-5H3,(H,12,16)/t8?,9-,10?/m0/s1. The summed E-state index contributed by atoms with van der Waals surface area (Å²) in [6.45, 7) is 3.34. The van der Waals surface area contributed by atoms with Crippen LogP contribution in [-0.2, 0) is 15.0 Å². The molecule has 0 fully saturated rings. The van der Waals surface area contributed by atoms with Crippen LogP contribution in [0.4, 0.5) is 0 Å². The van der Waals surface area contributed by atoms with Gasteiger partial charge in [-0.1, -0.05) is 6.92 Å². The van der Waals surface area contributed by atoms with Crippen molar-refractivity contribution >= 4 is 25.4 Å². The second-order valence-corrected chi connectivity index (χ2v) is 7.79. The highest BCUT2D eigenvalue weighted by molar-refractivity contribution is 7.86. The van der Waals surface area contributed by atoms with E-state index in [0.717, 1.165) is 8.61 Å². The fraction of sp³-hybridized carbons (Fsp3) is 0.909. The fourth-order valence-corrected chi connectivity index (χ4v) is 2.48. The molecule has 0 aliphatic rings. The lowest BCUT2D eigenvalue weighted by molar-refractivity contribution is -0.125. The number of nitrogens with zero attached hydrogens (tertiary/aromatic N) is 2. The molecule has 0 aromatic rings. The number of likely N-dealkylation sites (N-methyl/N-ethyl adjacent to an activating group) is 1. The Morgan fingerprint density at radius 3 is 2.20 bits per heavy atom. The van der Waals surface area contributed by atoms with Gasteiger partial charge in [-0.25, -0.2) is 0 Å². The summed E-state index contributed by atoms with van der Waals surface area (Å²) >= 11 is 0. The van der Waals surface area contributed by atoms with Crippen LogP contribution in [0, 0.1) is 5.92 Å². The van der Waals surface area contributed by atoms with Crippen molar-refractivity contribution in [3.05, 3.63) is 0 Å². The first-order valence-corrected chi connectivity index (χ1v) is 8.57. The van der Waals surface area contributed by atoms with E-state index in [-0.39, 0.29) is 18.4 Å². The molecule has 0 heterocycles. The number of hydrogen-bond acceptors (Lipinski definition) is 4. The second-order valence-electron chi connectivity index (χ2n) is 5.07. The summed E-state index contributed by atoms with van der Waals surface area (Å²) in [5, 5.41) is 12.7. The molecule has 0 saturated heterocycles. The predicted molar refractivity (Wildman–Crippen MR) is 82.6 cm³/mol. The molecule has 0 aromatic heterocycles. The van der Waals surface area contributed by atoms with Crippen LogP contribution in [0.5, 0.6) is 0 Å². The van der Waals surface area contributed by atoms with E-state index in [9.17, 15) is 18.3 Å². The zero-order valence-corrected chi connectivity index (χ0v) is 14.7. The van der Waals surface area contributed by atoms with Crippen LogP contribution in [-0.4, -0.2) is 74.0 Å². The van der Waals surface area contributed by atoms with Crippen molar-refractivity contribution in [2.24, 2.45) is 5.92 Å². The molecular formula is C11H26N3O4PS. The van der Waals surface area contributed by atoms with Crippen molar-refractivity contribution < 1.29 is 18.3 Å². The van der Waals surface area contributed by atoms with E-state index in [0.29, 0.717) is 6.16 Å². The topological polar surface area (TPSA) is 90.0 Å². The quantitative estimate of drug-likeness (QED) is 0.566. The van der Waals surface area contributed by atoms with Crippen molar-refractivity contribution in [1.29, 1.82) is 0 Å². The summed E-state index contributed by atoms with van der Waals surface area (Å²) in [7, 11) is 3.15. The van der Waals surface area contributed by atoms with Gasteiger partial charge in [0.25, 0.3) is 10.2 Å². The summed E-state index contributed by atoms with van der Waals surface area (Å²) in [4.78, 5) is 11.7. The van der Waals surface area contributed by atoms with E-state index in [1.165, 1.54) is 21.1 Å². The summed E-state index contributed by atoms with van der Waals surface area (Å²) in [5.41, 5.74) is 0. The number of rotatable bonds is 8. The van der Waals surface area contributed by atoms with Crippen LogP contribution < -0.4 is 5.32 Å². The molecule has 3 unspecified atom stereocenters. The van der Waals surface area contributed by atoms with Crippen molar-refractivity contribution in [2.75, 3.05) is 33.8 Å². The normalized spacial score (nSPS) is 17.1. The Bertz CT molecular complexity index is 416. The monoisotopic (exact) mass is 327 g/mol. The minimum atomic E-state index is -3.56. The van der Waals surface area contributed by atoms with Gasteiger partial charge in [-0.15, -0.1) is 9.24 Å². The van der Waals surface area contributed by atoms with Gasteiger partial charge in [0.15, 0.2) is 0 Å². The third kappa shape index (κ3) is 5.61. The number of hydrogen-bond donors (Lipinski definition) is 2. The van der Waals surface area contributed by atoms with Crippen molar-refractivity contribution in [2.45, 2.75) is 26.0 Å². The van der Waals surface area contributed by atoms with Crippen LogP contribution in [0.15, 0.2) is 0 Å².